The van der Waals surface area contributed by atoms with E-state index in [0.717, 1.165) is 37.9 Å². The van der Waals surface area contributed by atoms with Crippen LogP contribution in [-0.2, 0) is 4.79 Å². The molecule has 0 aromatic heterocycles. The average Bonchev–Trinajstić information content (AvgIpc) is 2.91. The molecule has 2 aromatic rings. The molecule has 2 heterocycles. The second kappa shape index (κ2) is 11.4. The summed E-state index contributed by atoms with van der Waals surface area (Å²) in [7, 11) is 1.60. The smallest absolute Gasteiger partial charge is 0.253 e. The molecule has 2 aliphatic heterocycles. The van der Waals surface area contributed by atoms with Crippen molar-refractivity contribution < 1.29 is 19.1 Å². The van der Waals surface area contributed by atoms with Gasteiger partial charge in [0.1, 0.15) is 11.8 Å². The van der Waals surface area contributed by atoms with Crippen LogP contribution in [0.1, 0.15) is 58.4 Å². The van der Waals surface area contributed by atoms with Gasteiger partial charge in [-0.1, -0.05) is 18.2 Å². The molecule has 2 saturated heterocycles. The van der Waals surface area contributed by atoms with Gasteiger partial charge in [0.05, 0.1) is 7.11 Å². The monoisotopic (exact) mass is 477 g/mol. The Morgan fingerprint density at radius 1 is 0.886 bits per heavy atom. The minimum Gasteiger partial charge on any atom is -0.497 e. The third kappa shape index (κ3) is 5.84. The first-order valence-electron chi connectivity index (χ1n) is 12.6. The van der Waals surface area contributed by atoms with Gasteiger partial charge in [-0.2, -0.15) is 0 Å². The molecule has 1 atom stereocenters. The highest BCUT2D eigenvalue weighted by molar-refractivity contribution is 5.99. The quantitative estimate of drug-likeness (QED) is 0.689. The second-order valence-corrected chi connectivity index (χ2v) is 9.51. The van der Waals surface area contributed by atoms with Crippen molar-refractivity contribution in [3.8, 4) is 5.75 Å². The number of piperidine rings is 2. The molecule has 2 fully saturated rings. The number of aryl methyl sites for hydroxylation is 1. The highest BCUT2D eigenvalue weighted by atomic mass is 16.5. The molecule has 2 aliphatic rings. The van der Waals surface area contributed by atoms with E-state index in [2.05, 4.69) is 5.32 Å². The van der Waals surface area contributed by atoms with Crippen molar-refractivity contribution in [3.05, 3.63) is 65.2 Å². The molecule has 7 heteroatoms. The van der Waals surface area contributed by atoms with E-state index in [1.165, 1.54) is 0 Å². The van der Waals surface area contributed by atoms with Crippen LogP contribution < -0.4 is 10.1 Å². The lowest BCUT2D eigenvalue weighted by atomic mass is 9.87. The molecule has 3 amide bonds. The fourth-order valence-corrected chi connectivity index (χ4v) is 5.09. The van der Waals surface area contributed by atoms with Gasteiger partial charge in [0.25, 0.3) is 11.8 Å². The molecule has 35 heavy (non-hydrogen) atoms. The van der Waals surface area contributed by atoms with Crippen LogP contribution in [0.2, 0.25) is 0 Å². The van der Waals surface area contributed by atoms with Gasteiger partial charge in [-0.3, -0.25) is 14.4 Å². The minimum absolute atomic E-state index is 0.00608. The first kappa shape index (κ1) is 24.8. The van der Waals surface area contributed by atoms with E-state index in [1.807, 2.05) is 34.9 Å². The van der Waals surface area contributed by atoms with Crippen molar-refractivity contribution in [1.29, 1.82) is 0 Å². The van der Waals surface area contributed by atoms with Crippen LogP contribution in [0.15, 0.2) is 48.5 Å². The predicted octanol–water partition coefficient (Wildman–Crippen LogP) is 3.67. The summed E-state index contributed by atoms with van der Waals surface area (Å²) in [5.74, 6) is 0.469. The van der Waals surface area contributed by atoms with E-state index >= 15 is 0 Å². The standard InChI is InChI=1S/C28H35N3O4/c1-20-8-4-5-9-24(20)26(32)29-25(28(34)30-16-6-3-7-17-30)21-14-18-31(19-15-21)27(33)22-10-12-23(35-2)13-11-22/h4-5,8-13,21,25H,3,6-7,14-19H2,1-2H3,(H,29,32)/t25-/m0/s1. The van der Waals surface area contributed by atoms with Crippen LogP contribution in [0, 0.1) is 12.8 Å². The largest absolute Gasteiger partial charge is 0.497 e. The van der Waals surface area contributed by atoms with E-state index in [-0.39, 0.29) is 23.6 Å². The molecule has 186 valence electrons. The Labute approximate surface area is 207 Å². The van der Waals surface area contributed by atoms with Crippen LogP contribution in [0.5, 0.6) is 5.75 Å². The topological polar surface area (TPSA) is 79.0 Å². The molecule has 7 nitrogen and oxygen atoms in total. The number of carbonyl (C=O) groups excluding carboxylic acids is 3. The van der Waals surface area contributed by atoms with E-state index < -0.39 is 6.04 Å². The lowest BCUT2D eigenvalue weighted by molar-refractivity contribution is -0.136. The normalized spacial score (nSPS) is 17.5. The molecule has 0 aliphatic carbocycles. The summed E-state index contributed by atoms with van der Waals surface area (Å²) in [5, 5.41) is 3.08. The van der Waals surface area contributed by atoms with Gasteiger partial charge in [-0.05, 0) is 80.8 Å². The SMILES string of the molecule is COc1ccc(C(=O)N2CCC([C@H](NC(=O)c3ccccc3C)C(=O)N3CCCCC3)CC2)cc1. The first-order chi connectivity index (χ1) is 17.0. The maximum absolute atomic E-state index is 13.6. The third-order valence-corrected chi connectivity index (χ3v) is 7.25. The van der Waals surface area contributed by atoms with Crippen molar-refractivity contribution >= 4 is 17.7 Å². The number of nitrogens with zero attached hydrogens (tertiary/aromatic N) is 2. The summed E-state index contributed by atoms with van der Waals surface area (Å²) in [6, 6.07) is 14.0. The number of benzene rings is 2. The summed E-state index contributed by atoms with van der Waals surface area (Å²) in [5.41, 5.74) is 2.10. The number of hydrogen-bond acceptors (Lipinski definition) is 4. The minimum atomic E-state index is -0.585. The van der Waals surface area contributed by atoms with Crippen molar-refractivity contribution in [2.24, 2.45) is 5.92 Å². The predicted molar refractivity (Wildman–Crippen MR) is 134 cm³/mol. The number of likely N-dealkylation sites (tertiary alicyclic amines) is 2. The summed E-state index contributed by atoms with van der Waals surface area (Å²) >= 11 is 0. The maximum Gasteiger partial charge on any atom is 0.253 e. The van der Waals surface area contributed by atoms with Gasteiger partial charge in [0, 0.05) is 37.3 Å². The number of methoxy groups -OCH3 is 1. The molecule has 0 unspecified atom stereocenters. The molecule has 1 N–H and O–H groups in total. The maximum atomic E-state index is 13.6. The van der Waals surface area contributed by atoms with Crippen LogP contribution in [0.4, 0.5) is 0 Å². The number of amides is 3. The average molecular weight is 478 g/mol. The van der Waals surface area contributed by atoms with Gasteiger partial charge < -0.3 is 19.9 Å². The van der Waals surface area contributed by atoms with Gasteiger partial charge >= 0.3 is 0 Å². The fraction of sp³-hybridized carbons (Fsp3) is 0.464. The van der Waals surface area contributed by atoms with E-state index in [9.17, 15) is 14.4 Å². The third-order valence-electron chi connectivity index (χ3n) is 7.25. The highest BCUT2D eigenvalue weighted by Crippen LogP contribution is 2.25. The Morgan fingerprint density at radius 3 is 2.17 bits per heavy atom. The summed E-state index contributed by atoms with van der Waals surface area (Å²) in [6.45, 7) is 4.49. The number of hydrogen-bond donors (Lipinski definition) is 1. The number of ether oxygens (including phenoxy) is 1. The molecule has 0 radical (unpaired) electrons. The second-order valence-electron chi connectivity index (χ2n) is 9.51. The van der Waals surface area contributed by atoms with E-state index in [4.69, 9.17) is 4.74 Å². The Morgan fingerprint density at radius 2 is 1.54 bits per heavy atom. The highest BCUT2D eigenvalue weighted by Gasteiger charge is 2.36. The molecule has 2 aromatic carbocycles. The van der Waals surface area contributed by atoms with Crippen molar-refractivity contribution in [3.63, 3.8) is 0 Å². The van der Waals surface area contributed by atoms with Crippen molar-refractivity contribution in [2.45, 2.75) is 45.1 Å². The Bertz CT molecular complexity index is 1040. The van der Waals surface area contributed by atoms with Crippen LogP contribution in [0.3, 0.4) is 0 Å². The Hall–Kier alpha value is -3.35. The first-order valence-corrected chi connectivity index (χ1v) is 12.6. The zero-order valence-electron chi connectivity index (χ0n) is 20.7. The summed E-state index contributed by atoms with van der Waals surface area (Å²) < 4.78 is 5.18. The molecular weight excluding hydrogens is 442 g/mol. The molecule has 4 rings (SSSR count). The number of rotatable bonds is 6. The Balaban J connectivity index is 1.46. The van der Waals surface area contributed by atoms with Gasteiger partial charge in [0.2, 0.25) is 5.91 Å². The van der Waals surface area contributed by atoms with Crippen molar-refractivity contribution in [2.75, 3.05) is 33.3 Å². The molecule has 0 spiro atoms. The van der Waals surface area contributed by atoms with E-state index in [0.29, 0.717) is 42.8 Å². The van der Waals surface area contributed by atoms with Gasteiger partial charge in [0.15, 0.2) is 0 Å². The van der Waals surface area contributed by atoms with Crippen molar-refractivity contribution in [1.82, 2.24) is 15.1 Å². The molecular formula is C28H35N3O4. The fourth-order valence-electron chi connectivity index (χ4n) is 5.09. The van der Waals surface area contributed by atoms with Crippen LogP contribution in [-0.4, -0.2) is 66.9 Å². The zero-order valence-corrected chi connectivity index (χ0v) is 20.7. The molecule has 0 saturated carbocycles. The summed E-state index contributed by atoms with van der Waals surface area (Å²) in [6.07, 6.45) is 4.47. The number of carbonyl (C=O) groups is 3. The van der Waals surface area contributed by atoms with Gasteiger partial charge in [-0.25, -0.2) is 0 Å². The molecule has 0 bridgehead atoms. The summed E-state index contributed by atoms with van der Waals surface area (Å²) in [4.78, 5) is 43.5. The number of nitrogens with one attached hydrogen (secondary N) is 1. The Kier molecular flexibility index (Phi) is 8.06. The lowest BCUT2D eigenvalue weighted by Crippen LogP contribution is -2.55. The van der Waals surface area contributed by atoms with Crippen LogP contribution in [0.25, 0.3) is 0 Å². The van der Waals surface area contributed by atoms with E-state index in [1.54, 1.807) is 37.4 Å². The van der Waals surface area contributed by atoms with Crippen LogP contribution >= 0.6 is 0 Å². The van der Waals surface area contributed by atoms with Gasteiger partial charge in [-0.15, -0.1) is 0 Å². The lowest BCUT2D eigenvalue weighted by Gasteiger charge is -2.38. The zero-order chi connectivity index (χ0) is 24.8.